The lowest BCUT2D eigenvalue weighted by Gasteiger charge is -2.05. The molecule has 1 aromatic carbocycles. The minimum atomic E-state index is -0.367. The summed E-state index contributed by atoms with van der Waals surface area (Å²) in [5.41, 5.74) is 0. The van der Waals surface area contributed by atoms with E-state index in [1.54, 1.807) is 29.7 Å². The van der Waals surface area contributed by atoms with Gasteiger partial charge in [-0.25, -0.2) is 9.37 Å². The molecule has 0 aliphatic carbocycles. The van der Waals surface area contributed by atoms with E-state index in [2.05, 4.69) is 15.3 Å². The van der Waals surface area contributed by atoms with Crippen LogP contribution < -0.4 is 5.32 Å². The predicted molar refractivity (Wildman–Crippen MR) is 77.2 cm³/mol. The average molecular weight is 296 g/mol. The third-order valence-electron chi connectivity index (χ3n) is 2.15. The topological polar surface area (TPSA) is 37.3 Å². The number of thiazole rings is 1. The Kier molecular flexibility index (Phi) is 5.06. The van der Waals surface area contributed by atoms with Gasteiger partial charge in [0, 0.05) is 17.8 Å². The highest BCUT2D eigenvalue weighted by molar-refractivity contribution is 7.11. The van der Waals surface area contributed by atoms with Gasteiger partial charge in [-0.05, 0) is 18.2 Å². The van der Waals surface area contributed by atoms with Gasteiger partial charge in [-0.3, -0.25) is 4.99 Å². The summed E-state index contributed by atoms with van der Waals surface area (Å²) in [6, 6.07) is 6.12. The SMILES string of the molecule is C1=CNC(c2nccs2)=NC1.Fc1ccccc1Cl. The molecule has 2 heterocycles. The van der Waals surface area contributed by atoms with Gasteiger partial charge in [-0.2, -0.15) is 0 Å². The maximum absolute atomic E-state index is 12.2. The molecule has 0 amide bonds. The number of nitrogens with zero attached hydrogens (tertiary/aromatic N) is 2. The predicted octanol–water partition coefficient (Wildman–Crippen LogP) is 3.49. The molecule has 2 aromatic rings. The molecule has 6 heteroatoms. The Hall–Kier alpha value is -1.72. The number of benzene rings is 1. The van der Waals surface area contributed by atoms with Crippen LogP contribution in [-0.2, 0) is 0 Å². The lowest BCUT2D eigenvalue weighted by Crippen LogP contribution is -2.21. The summed E-state index contributed by atoms with van der Waals surface area (Å²) in [4.78, 5) is 8.37. The molecule has 0 saturated carbocycles. The third kappa shape index (κ3) is 4.15. The molecule has 98 valence electrons. The van der Waals surface area contributed by atoms with Gasteiger partial charge in [0.2, 0.25) is 0 Å². The van der Waals surface area contributed by atoms with Gasteiger partial charge in [0.05, 0.1) is 11.6 Å². The molecule has 19 heavy (non-hydrogen) atoms. The van der Waals surface area contributed by atoms with Crippen LogP contribution >= 0.6 is 22.9 Å². The van der Waals surface area contributed by atoms with E-state index in [-0.39, 0.29) is 10.8 Å². The number of hydrogen-bond acceptors (Lipinski definition) is 4. The number of nitrogens with one attached hydrogen (secondary N) is 1. The van der Waals surface area contributed by atoms with Crippen molar-refractivity contribution in [1.82, 2.24) is 10.3 Å². The molecule has 0 fully saturated rings. The summed E-state index contributed by atoms with van der Waals surface area (Å²) >= 11 is 6.92. The molecule has 1 aliphatic rings. The monoisotopic (exact) mass is 295 g/mol. The first kappa shape index (κ1) is 13.7. The van der Waals surface area contributed by atoms with Gasteiger partial charge >= 0.3 is 0 Å². The van der Waals surface area contributed by atoms with E-state index in [4.69, 9.17) is 11.6 Å². The first-order chi connectivity index (χ1) is 9.27. The second kappa shape index (κ2) is 7.01. The van der Waals surface area contributed by atoms with E-state index in [0.717, 1.165) is 17.4 Å². The quantitative estimate of drug-likeness (QED) is 0.874. The van der Waals surface area contributed by atoms with Crippen molar-refractivity contribution in [2.24, 2.45) is 4.99 Å². The van der Waals surface area contributed by atoms with Crippen LogP contribution in [0.25, 0.3) is 0 Å². The number of aromatic nitrogens is 1. The highest BCUT2D eigenvalue weighted by Crippen LogP contribution is 2.11. The average Bonchev–Trinajstić information content (AvgIpc) is 2.98. The minimum absolute atomic E-state index is 0.174. The summed E-state index contributed by atoms with van der Waals surface area (Å²) < 4.78 is 12.2. The molecule has 3 nitrogen and oxygen atoms in total. The number of halogens is 2. The first-order valence-corrected chi connectivity index (χ1v) is 6.79. The highest BCUT2D eigenvalue weighted by atomic mass is 35.5. The third-order valence-corrected chi connectivity index (χ3v) is 3.24. The van der Waals surface area contributed by atoms with Gasteiger partial charge < -0.3 is 5.32 Å². The number of amidine groups is 1. The van der Waals surface area contributed by atoms with Gasteiger partial charge in [0.15, 0.2) is 10.8 Å². The van der Waals surface area contributed by atoms with Crippen molar-refractivity contribution in [2.45, 2.75) is 0 Å². The normalized spacial score (nSPS) is 13.1. The summed E-state index contributed by atoms with van der Waals surface area (Å²) in [5, 5.41) is 6.11. The standard InChI is InChI=1S/C7H7N3S.C6H4ClF/c1-2-8-6(9-3-1)7-10-4-5-11-7;7-5-3-1-2-4-6(5)8/h1-2,4-5H,3H2,(H,8,9);1-4H. The molecule has 0 saturated heterocycles. The van der Waals surface area contributed by atoms with Crippen LogP contribution in [0.15, 0.2) is 53.1 Å². The molecule has 1 N–H and O–H groups in total. The molecule has 0 bridgehead atoms. The Morgan fingerprint density at radius 3 is 2.68 bits per heavy atom. The molecule has 1 aromatic heterocycles. The summed E-state index contributed by atoms with van der Waals surface area (Å²) in [6.45, 7) is 0.752. The van der Waals surface area contributed by atoms with Crippen LogP contribution in [0.2, 0.25) is 5.02 Å². The fraction of sp³-hybridized carbons (Fsp3) is 0.0769. The van der Waals surface area contributed by atoms with E-state index in [0.29, 0.717) is 0 Å². The number of aliphatic imine (C=N–C) groups is 1. The highest BCUT2D eigenvalue weighted by Gasteiger charge is 2.04. The summed E-state index contributed by atoms with van der Waals surface area (Å²) in [7, 11) is 0. The van der Waals surface area contributed by atoms with E-state index in [1.807, 2.05) is 17.7 Å². The molecule has 1 aliphatic heterocycles. The second-order valence-corrected chi connectivity index (χ2v) is 4.79. The van der Waals surface area contributed by atoms with Crippen molar-refractivity contribution < 1.29 is 4.39 Å². The van der Waals surface area contributed by atoms with E-state index in [1.165, 1.54) is 12.1 Å². The van der Waals surface area contributed by atoms with E-state index < -0.39 is 0 Å². The molecule has 3 rings (SSSR count). The van der Waals surface area contributed by atoms with Crippen LogP contribution in [0.3, 0.4) is 0 Å². The Morgan fingerprint density at radius 2 is 2.16 bits per heavy atom. The second-order valence-electron chi connectivity index (χ2n) is 3.49. The lowest BCUT2D eigenvalue weighted by atomic mass is 10.4. The molecule has 0 spiro atoms. The van der Waals surface area contributed by atoms with E-state index >= 15 is 0 Å². The van der Waals surface area contributed by atoms with Crippen LogP contribution in [0.4, 0.5) is 4.39 Å². The Labute approximate surface area is 119 Å². The minimum Gasteiger partial charge on any atom is -0.345 e. The van der Waals surface area contributed by atoms with Crippen LogP contribution in [0.1, 0.15) is 5.01 Å². The lowest BCUT2D eigenvalue weighted by molar-refractivity contribution is 0.628. The van der Waals surface area contributed by atoms with Crippen LogP contribution in [0.5, 0.6) is 0 Å². The van der Waals surface area contributed by atoms with Crippen molar-refractivity contribution in [1.29, 1.82) is 0 Å². The first-order valence-electron chi connectivity index (χ1n) is 5.53. The zero-order chi connectivity index (χ0) is 13.5. The van der Waals surface area contributed by atoms with Crippen molar-refractivity contribution in [2.75, 3.05) is 6.54 Å². The van der Waals surface area contributed by atoms with Gasteiger partial charge in [-0.15, -0.1) is 11.3 Å². The van der Waals surface area contributed by atoms with Crippen LogP contribution in [0, 0.1) is 5.82 Å². The van der Waals surface area contributed by atoms with Gasteiger partial charge in [0.25, 0.3) is 0 Å². The Bertz CT molecular complexity index is 560. The fourth-order valence-corrected chi connectivity index (χ4v) is 2.03. The number of hydrogen-bond donors (Lipinski definition) is 1. The van der Waals surface area contributed by atoms with Crippen molar-refractivity contribution in [3.63, 3.8) is 0 Å². The molecule has 0 atom stereocenters. The Morgan fingerprint density at radius 1 is 1.32 bits per heavy atom. The molecular weight excluding hydrogens is 285 g/mol. The molecule has 0 radical (unpaired) electrons. The Balaban J connectivity index is 0.000000148. The molecular formula is C13H11ClFN3S. The maximum Gasteiger partial charge on any atom is 0.162 e. The van der Waals surface area contributed by atoms with Crippen molar-refractivity contribution in [3.8, 4) is 0 Å². The van der Waals surface area contributed by atoms with Crippen molar-refractivity contribution >= 4 is 28.8 Å². The number of rotatable bonds is 1. The zero-order valence-electron chi connectivity index (χ0n) is 9.88. The smallest absolute Gasteiger partial charge is 0.162 e. The summed E-state index contributed by atoms with van der Waals surface area (Å²) in [6.07, 6.45) is 5.64. The fourth-order valence-electron chi connectivity index (χ4n) is 1.29. The van der Waals surface area contributed by atoms with Gasteiger partial charge in [0.1, 0.15) is 5.82 Å². The molecule has 0 unspecified atom stereocenters. The largest absolute Gasteiger partial charge is 0.345 e. The van der Waals surface area contributed by atoms with Gasteiger partial charge in [-0.1, -0.05) is 23.7 Å². The maximum atomic E-state index is 12.2. The van der Waals surface area contributed by atoms with Crippen LogP contribution in [-0.4, -0.2) is 17.4 Å². The zero-order valence-corrected chi connectivity index (χ0v) is 11.5. The van der Waals surface area contributed by atoms with Crippen molar-refractivity contribution in [3.05, 3.63) is 64.0 Å². The summed E-state index contributed by atoms with van der Waals surface area (Å²) in [5.74, 6) is 0.511. The van der Waals surface area contributed by atoms with E-state index in [9.17, 15) is 4.39 Å².